The Balaban J connectivity index is 1.54. The van der Waals surface area contributed by atoms with E-state index >= 15 is 0 Å². The highest BCUT2D eigenvalue weighted by Crippen LogP contribution is 2.19. The number of piperazine rings is 1. The number of nitrogens with zero attached hydrogens (tertiary/aromatic N) is 2. The third-order valence-corrected chi connectivity index (χ3v) is 5.35. The van der Waals surface area contributed by atoms with Crippen molar-refractivity contribution in [3.63, 3.8) is 0 Å². The van der Waals surface area contributed by atoms with Crippen LogP contribution in [-0.4, -0.2) is 72.1 Å². The minimum absolute atomic E-state index is 0.0258. The van der Waals surface area contributed by atoms with Gasteiger partial charge in [-0.25, -0.2) is 0 Å². The van der Waals surface area contributed by atoms with Gasteiger partial charge in [0, 0.05) is 45.4 Å². The molecule has 0 bridgehead atoms. The predicted octanol–water partition coefficient (Wildman–Crippen LogP) is 2.17. The zero-order valence-corrected chi connectivity index (χ0v) is 16.5. The van der Waals surface area contributed by atoms with Crippen molar-refractivity contribution in [2.45, 2.75) is 25.4 Å². The second-order valence-corrected chi connectivity index (χ2v) is 7.39. The normalized spacial score (nSPS) is 18.3. The molecule has 1 heterocycles. The van der Waals surface area contributed by atoms with E-state index in [1.807, 2.05) is 12.1 Å². The number of hydrogen-bond donors (Lipinski definition) is 2. The van der Waals surface area contributed by atoms with Gasteiger partial charge in [-0.1, -0.05) is 42.5 Å². The Bertz CT molecular complexity index is 695. The molecule has 0 radical (unpaired) electrons. The standard InChI is InChI=1S/C23H32N2O3/c26-14-10-22-19-24(18-21-7-4-8-23(17-21)28-16-15-27)12-13-25(22)11-9-20-5-2-1-3-6-20/h1-8,17,22,26-27H,9-16,18-19H2/t22-/m0/s1. The van der Waals surface area contributed by atoms with Crippen LogP contribution in [0, 0.1) is 0 Å². The van der Waals surface area contributed by atoms with Crippen LogP contribution in [0.1, 0.15) is 17.5 Å². The number of aliphatic hydroxyl groups excluding tert-OH is 2. The molecule has 28 heavy (non-hydrogen) atoms. The molecule has 5 nitrogen and oxygen atoms in total. The SMILES string of the molecule is OCCOc1cccc(CN2CCN(CCc3ccccc3)[C@@H](CCO)C2)c1. The first-order valence-corrected chi connectivity index (χ1v) is 10.2. The van der Waals surface area contributed by atoms with Crippen LogP contribution in [-0.2, 0) is 13.0 Å². The van der Waals surface area contributed by atoms with Crippen molar-refractivity contribution in [1.29, 1.82) is 0 Å². The van der Waals surface area contributed by atoms with Crippen molar-refractivity contribution in [3.8, 4) is 5.75 Å². The maximum Gasteiger partial charge on any atom is 0.119 e. The second-order valence-electron chi connectivity index (χ2n) is 7.39. The summed E-state index contributed by atoms with van der Waals surface area (Å²) in [4.78, 5) is 4.99. The van der Waals surface area contributed by atoms with Crippen LogP contribution in [0.5, 0.6) is 5.75 Å². The Hall–Kier alpha value is -1.92. The lowest BCUT2D eigenvalue weighted by atomic mass is 10.1. The van der Waals surface area contributed by atoms with E-state index in [-0.39, 0.29) is 13.2 Å². The van der Waals surface area contributed by atoms with Gasteiger partial charge in [0.05, 0.1) is 6.61 Å². The number of benzene rings is 2. The maximum absolute atomic E-state index is 9.53. The van der Waals surface area contributed by atoms with Gasteiger partial charge in [0.2, 0.25) is 0 Å². The van der Waals surface area contributed by atoms with E-state index in [2.05, 4.69) is 52.3 Å². The summed E-state index contributed by atoms with van der Waals surface area (Å²) in [7, 11) is 0. The molecule has 0 saturated carbocycles. The number of ether oxygens (including phenoxy) is 1. The topological polar surface area (TPSA) is 56.2 Å². The molecule has 0 aromatic heterocycles. The second kappa shape index (κ2) is 11.2. The first-order valence-electron chi connectivity index (χ1n) is 10.2. The molecule has 2 aromatic rings. The smallest absolute Gasteiger partial charge is 0.119 e. The molecule has 0 amide bonds. The third kappa shape index (κ3) is 6.31. The summed E-state index contributed by atoms with van der Waals surface area (Å²) >= 11 is 0. The molecule has 1 aliphatic heterocycles. The van der Waals surface area contributed by atoms with Gasteiger partial charge in [0.25, 0.3) is 0 Å². The van der Waals surface area contributed by atoms with E-state index in [0.717, 1.165) is 51.3 Å². The van der Waals surface area contributed by atoms with E-state index < -0.39 is 0 Å². The minimum atomic E-state index is 0.0258. The first kappa shape index (κ1) is 20.8. The Morgan fingerprint density at radius 3 is 2.54 bits per heavy atom. The molecule has 2 aromatic carbocycles. The summed E-state index contributed by atoms with van der Waals surface area (Å²) < 4.78 is 5.53. The Labute approximate surface area is 168 Å². The fourth-order valence-electron chi connectivity index (χ4n) is 3.89. The van der Waals surface area contributed by atoms with Gasteiger partial charge < -0.3 is 14.9 Å². The fraction of sp³-hybridized carbons (Fsp3) is 0.478. The summed E-state index contributed by atoms with van der Waals surface area (Å²) in [6.07, 6.45) is 1.86. The number of aliphatic hydroxyl groups is 2. The molecular formula is C23H32N2O3. The molecule has 1 atom stereocenters. The Morgan fingerprint density at radius 2 is 1.75 bits per heavy atom. The van der Waals surface area contributed by atoms with Gasteiger partial charge in [0.1, 0.15) is 12.4 Å². The van der Waals surface area contributed by atoms with Crippen LogP contribution in [0.15, 0.2) is 54.6 Å². The van der Waals surface area contributed by atoms with Crippen molar-refractivity contribution in [2.75, 3.05) is 46.0 Å². The lowest BCUT2D eigenvalue weighted by Gasteiger charge is -2.41. The van der Waals surface area contributed by atoms with E-state index in [9.17, 15) is 5.11 Å². The molecule has 2 N–H and O–H groups in total. The monoisotopic (exact) mass is 384 g/mol. The minimum Gasteiger partial charge on any atom is -0.491 e. The van der Waals surface area contributed by atoms with Gasteiger partial charge in [-0.2, -0.15) is 0 Å². The Morgan fingerprint density at radius 1 is 0.929 bits per heavy atom. The quantitative estimate of drug-likeness (QED) is 0.658. The van der Waals surface area contributed by atoms with Crippen molar-refractivity contribution in [2.24, 2.45) is 0 Å². The first-order chi connectivity index (χ1) is 13.8. The fourth-order valence-corrected chi connectivity index (χ4v) is 3.89. The van der Waals surface area contributed by atoms with Crippen LogP contribution in [0.4, 0.5) is 0 Å². The van der Waals surface area contributed by atoms with Crippen molar-refractivity contribution in [1.82, 2.24) is 9.80 Å². The average molecular weight is 385 g/mol. The van der Waals surface area contributed by atoms with E-state index in [0.29, 0.717) is 12.6 Å². The molecule has 0 spiro atoms. The lowest BCUT2D eigenvalue weighted by Crippen LogP contribution is -2.53. The van der Waals surface area contributed by atoms with Crippen LogP contribution >= 0.6 is 0 Å². The van der Waals surface area contributed by atoms with Crippen LogP contribution in [0.3, 0.4) is 0 Å². The van der Waals surface area contributed by atoms with Crippen molar-refractivity contribution < 1.29 is 14.9 Å². The number of rotatable bonds is 10. The zero-order chi connectivity index (χ0) is 19.6. The van der Waals surface area contributed by atoms with Gasteiger partial charge in [-0.15, -0.1) is 0 Å². The molecule has 1 fully saturated rings. The molecule has 0 unspecified atom stereocenters. The van der Waals surface area contributed by atoms with Gasteiger partial charge in [-0.05, 0) is 36.1 Å². The highest BCUT2D eigenvalue weighted by atomic mass is 16.5. The molecule has 5 heteroatoms. The summed E-state index contributed by atoms with van der Waals surface area (Å²) in [5.74, 6) is 0.806. The summed E-state index contributed by atoms with van der Waals surface area (Å²) in [5.41, 5.74) is 2.59. The molecule has 0 aliphatic carbocycles. The maximum atomic E-state index is 9.53. The molecular weight excluding hydrogens is 352 g/mol. The average Bonchev–Trinajstić information content (AvgIpc) is 2.73. The van der Waals surface area contributed by atoms with E-state index in [4.69, 9.17) is 9.84 Å². The van der Waals surface area contributed by atoms with Crippen molar-refractivity contribution in [3.05, 3.63) is 65.7 Å². The van der Waals surface area contributed by atoms with Crippen molar-refractivity contribution >= 4 is 0 Å². The molecule has 1 aliphatic rings. The number of hydrogen-bond acceptors (Lipinski definition) is 5. The van der Waals surface area contributed by atoms with Crippen LogP contribution in [0.25, 0.3) is 0 Å². The zero-order valence-electron chi connectivity index (χ0n) is 16.5. The largest absolute Gasteiger partial charge is 0.491 e. The molecule has 1 saturated heterocycles. The van der Waals surface area contributed by atoms with Gasteiger partial charge >= 0.3 is 0 Å². The predicted molar refractivity (Wildman–Crippen MR) is 112 cm³/mol. The van der Waals surface area contributed by atoms with Crippen LogP contribution < -0.4 is 4.74 Å². The summed E-state index contributed by atoms with van der Waals surface area (Å²) in [6.45, 7) is 5.51. The lowest BCUT2D eigenvalue weighted by molar-refractivity contribution is 0.0561. The Kier molecular flexibility index (Phi) is 8.30. The van der Waals surface area contributed by atoms with E-state index in [1.165, 1.54) is 11.1 Å². The van der Waals surface area contributed by atoms with E-state index in [1.54, 1.807) is 0 Å². The summed E-state index contributed by atoms with van der Waals surface area (Å²) in [6, 6.07) is 19.1. The third-order valence-electron chi connectivity index (χ3n) is 5.35. The summed E-state index contributed by atoms with van der Waals surface area (Å²) in [5, 5.41) is 18.5. The highest BCUT2D eigenvalue weighted by Gasteiger charge is 2.26. The van der Waals surface area contributed by atoms with Gasteiger partial charge in [0.15, 0.2) is 0 Å². The van der Waals surface area contributed by atoms with Gasteiger partial charge in [-0.3, -0.25) is 9.80 Å². The highest BCUT2D eigenvalue weighted by molar-refractivity contribution is 5.28. The molecule has 3 rings (SSSR count). The van der Waals surface area contributed by atoms with Crippen LogP contribution in [0.2, 0.25) is 0 Å². The molecule has 152 valence electrons.